The largest absolute Gasteiger partial charge is 0.494 e. The third-order valence-electron chi connectivity index (χ3n) is 5.01. The zero-order valence-corrected chi connectivity index (χ0v) is 18.7. The number of piperazine rings is 1. The van der Waals surface area contributed by atoms with E-state index in [4.69, 9.17) is 16.3 Å². The Morgan fingerprint density at radius 2 is 1.77 bits per heavy atom. The molecule has 0 aromatic heterocycles. The Morgan fingerprint density at radius 3 is 2.37 bits per heavy atom. The van der Waals surface area contributed by atoms with Gasteiger partial charge in [-0.25, -0.2) is 8.42 Å². The van der Waals surface area contributed by atoms with Crippen LogP contribution in [0.2, 0.25) is 5.02 Å². The van der Waals surface area contributed by atoms with Crippen molar-refractivity contribution in [1.29, 1.82) is 0 Å². The minimum atomic E-state index is -3.76. The van der Waals surface area contributed by atoms with Crippen LogP contribution >= 0.6 is 11.6 Å². The molecule has 2 aromatic carbocycles. The highest BCUT2D eigenvalue weighted by atomic mass is 35.5. The van der Waals surface area contributed by atoms with Crippen LogP contribution in [0, 0.1) is 0 Å². The van der Waals surface area contributed by atoms with Crippen LogP contribution in [0.3, 0.4) is 0 Å². The van der Waals surface area contributed by atoms with Gasteiger partial charge >= 0.3 is 0 Å². The van der Waals surface area contributed by atoms with Gasteiger partial charge in [-0.2, -0.15) is 4.31 Å². The molecule has 0 bridgehead atoms. The van der Waals surface area contributed by atoms with Crippen LogP contribution in [0.15, 0.2) is 53.4 Å². The number of ether oxygens (including phenoxy) is 1. The zero-order chi connectivity index (χ0) is 21.7. The Morgan fingerprint density at radius 1 is 1.10 bits per heavy atom. The number of sulfonamides is 1. The fourth-order valence-electron chi connectivity index (χ4n) is 3.32. The molecular weight excluding hydrogens is 426 g/mol. The Balaban J connectivity index is 1.57. The van der Waals surface area contributed by atoms with Crippen molar-refractivity contribution in [2.75, 3.05) is 51.3 Å². The molecule has 2 aromatic rings. The van der Waals surface area contributed by atoms with Crippen molar-refractivity contribution in [2.45, 2.75) is 11.8 Å². The molecule has 0 spiro atoms. The van der Waals surface area contributed by atoms with Crippen LogP contribution in [0.25, 0.3) is 0 Å². The van der Waals surface area contributed by atoms with E-state index < -0.39 is 10.0 Å². The Labute approximate surface area is 182 Å². The Hall–Kier alpha value is -2.29. The number of carbonyl (C=O) groups excluding carboxylic acids is 1. The second-order valence-corrected chi connectivity index (χ2v) is 9.49. The molecular formula is C21H26ClN3O4S. The first-order valence-electron chi connectivity index (χ1n) is 9.78. The predicted octanol–water partition coefficient (Wildman–Crippen LogP) is 2.71. The third kappa shape index (κ3) is 5.24. The molecule has 1 aliphatic rings. The number of hydrogen-bond acceptors (Lipinski definition) is 5. The minimum Gasteiger partial charge on any atom is -0.494 e. The summed E-state index contributed by atoms with van der Waals surface area (Å²) in [7, 11) is -2.34. The van der Waals surface area contributed by atoms with E-state index in [0.717, 1.165) is 9.99 Å². The molecule has 1 saturated heterocycles. The van der Waals surface area contributed by atoms with E-state index in [2.05, 4.69) is 4.90 Å². The van der Waals surface area contributed by atoms with E-state index in [9.17, 15) is 13.2 Å². The molecule has 0 N–H and O–H groups in total. The van der Waals surface area contributed by atoms with E-state index in [1.807, 2.05) is 31.2 Å². The number of rotatable bonds is 7. The van der Waals surface area contributed by atoms with E-state index in [1.54, 1.807) is 17.0 Å². The summed E-state index contributed by atoms with van der Waals surface area (Å²) < 4.78 is 32.0. The number of benzene rings is 2. The number of nitrogens with zero attached hydrogens (tertiary/aromatic N) is 3. The SMILES string of the molecule is CCOc1ccc(S(=O)(=O)N(C)CC(=O)N2CCN(c3cccc(Cl)c3)CC2)cc1. The summed E-state index contributed by atoms with van der Waals surface area (Å²) in [6, 6.07) is 13.8. The molecule has 0 atom stereocenters. The van der Waals surface area contributed by atoms with Crippen LogP contribution in [-0.4, -0.2) is 69.9 Å². The number of hydrogen-bond donors (Lipinski definition) is 0. The molecule has 162 valence electrons. The lowest BCUT2D eigenvalue weighted by Gasteiger charge is -2.36. The summed E-state index contributed by atoms with van der Waals surface area (Å²) in [6.07, 6.45) is 0. The second kappa shape index (κ2) is 9.68. The van der Waals surface area contributed by atoms with E-state index in [-0.39, 0.29) is 17.3 Å². The standard InChI is InChI=1S/C21H26ClN3O4S/c1-3-29-19-7-9-20(10-8-19)30(27,28)23(2)16-21(26)25-13-11-24(12-14-25)18-6-4-5-17(22)15-18/h4-10,15H,3,11-14,16H2,1-2H3. The van der Waals surface area contributed by atoms with Crippen molar-refractivity contribution in [3.05, 3.63) is 53.6 Å². The normalized spacial score (nSPS) is 14.8. The first-order chi connectivity index (χ1) is 14.3. The number of halogens is 1. The number of amides is 1. The molecule has 1 amide bonds. The quantitative estimate of drug-likeness (QED) is 0.647. The average Bonchev–Trinajstić information content (AvgIpc) is 2.74. The van der Waals surface area contributed by atoms with Gasteiger partial charge in [0.25, 0.3) is 0 Å². The first kappa shape index (κ1) is 22.4. The second-order valence-electron chi connectivity index (χ2n) is 7.01. The van der Waals surface area contributed by atoms with Gasteiger partial charge in [0.15, 0.2) is 0 Å². The molecule has 1 fully saturated rings. The molecule has 0 aliphatic carbocycles. The first-order valence-corrected chi connectivity index (χ1v) is 11.6. The van der Waals surface area contributed by atoms with Crippen molar-refractivity contribution in [3.63, 3.8) is 0 Å². The Kier molecular flexibility index (Phi) is 7.23. The fourth-order valence-corrected chi connectivity index (χ4v) is 4.62. The van der Waals surface area contributed by atoms with Crippen molar-refractivity contribution < 1.29 is 17.9 Å². The summed E-state index contributed by atoms with van der Waals surface area (Å²) in [5, 5.41) is 0.673. The van der Waals surface area contributed by atoms with Gasteiger partial charge < -0.3 is 14.5 Å². The highest BCUT2D eigenvalue weighted by Gasteiger charge is 2.27. The molecule has 7 nitrogen and oxygen atoms in total. The molecule has 0 unspecified atom stereocenters. The van der Waals surface area contributed by atoms with Gasteiger partial charge in [-0.1, -0.05) is 17.7 Å². The zero-order valence-electron chi connectivity index (χ0n) is 17.1. The van der Waals surface area contributed by atoms with Crippen molar-refractivity contribution in [2.24, 2.45) is 0 Å². The van der Waals surface area contributed by atoms with Gasteiger partial charge in [-0.3, -0.25) is 4.79 Å². The van der Waals surface area contributed by atoms with Crippen LogP contribution in [-0.2, 0) is 14.8 Å². The summed E-state index contributed by atoms with van der Waals surface area (Å²) in [4.78, 5) is 16.7. The maximum atomic E-state index is 12.8. The molecule has 0 saturated carbocycles. The number of anilines is 1. The maximum Gasteiger partial charge on any atom is 0.243 e. The van der Waals surface area contributed by atoms with Gasteiger partial charge in [-0.05, 0) is 49.4 Å². The van der Waals surface area contributed by atoms with Crippen molar-refractivity contribution in [3.8, 4) is 5.75 Å². The van der Waals surface area contributed by atoms with Crippen molar-refractivity contribution in [1.82, 2.24) is 9.21 Å². The van der Waals surface area contributed by atoms with Crippen LogP contribution in [0.1, 0.15) is 6.92 Å². The Bertz CT molecular complexity index is 974. The fraction of sp³-hybridized carbons (Fsp3) is 0.381. The highest BCUT2D eigenvalue weighted by Crippen LogP contribution is 2.22. The van der Waals surface area contributed by atoms with Gasteiger partial charge in [0.05, 0.1) is 18.0 Å². The highest BCUT2D eigenvalue weighted by molar-refractivity contribution is 7.89. The van der Waals surface area contributed by atoms with E-state index >= 15 is 0 Å². The summed E-state index contributed by atoms with van der Waals surface area (Å²) in [6.45, 7) is 4.56. The van der Waals surface area contributed by atoms with Crippen molar-refractivity contribution >= 4 is 33.2 Å². The maximum absolute atomic E-state index is 12.8. The lowest BCUT2D eigenvalue weighted by molar-refractivity contribution is -0.131. The molecule has 3 rings (SSSR count). The van der Waals surface area contributed by atoms with Crippen LogP contribution in [0.4, 0.5) is 5.69 Å². The van der Waals surface area contributed by atoms with Gasteiger partial charge in [-0.15, -0.1) is 0 Å². The number of likely N-dealkylation sites (N-methyl/N-ethyl adjacent to an activating group) is 1. The molecule has 1 aliphatic heterocycles. The van der Waals surface area contributed by atoms with E-state index in [1.165, 1.54) is 19.2 Å². The van der Waals surface area contributed by atoms with Crippen LogP contribution in [0.5, 0.6) is 5.75 Å². The monoisotopic (exact) mass is 451 g/mol. The predicted molar refractivity (Wildman–Crippen MR) is 118 cm³/mol. The molecule has 30 heavy (non-hydrogen) atoms. The summed E-state index contributed by atoms with van der Waals surface area (Å²) in [5.41, 5.74) is 1.02. The van der Waals surface area contributed by atoms with Gasteiger partial charge in [0, 0.05) is 43.9 Å². The van der Waals surface area contributed by atoms with Gasteiger partial charge in [0.1, 0.15) is 5.75 Å². The lowest BCUT2D eigenvalue weighted by Crippen LogP contribution is -2.51. The third-order valence-corrected chi connectivity index (χ3v) is 7.06. The van der Waals surface area contributed by atoms with Crippen LogP contribution < -0.4 is 9.64 Å². The summed E-state index contributed by atoms with van der Waals surface area (Å²) in [5.74, 6) is 0.394. The smallest absolute Gasteiger partial charge is 0.243 e. The molecule has 0 radical (unpaired) electrons. The molecule has 9 heteroatoms. The summed E-state index contributed by atoms with van der Waals surface area (Å²) >= 11 is 6.06. The average molecular weight is 452 g/mol. The topological polar surface area (TPSA) is 70.2 Å². The van der Waals surface area contributed by atoms with E-state index in [0.29, 0.717) is 43.6 Å². The number of carbonyl (C=O) groups is 1. The lowest BCUT2D eigenvalue weighted by atomic mass is 10.2. The van der Waals surface area contributed by atoms with Gasteiger partial charge in [0.2, 0.25) is 15.9 Å². The minimum absolute atomic E-state index is 0.132. The molecule has 1 heterocycles.